The predicted molar refractivity (Wildman–Crippen MR) is 100 cm³/mol. The smallest absolute Gasteiger partial charge is 0.414 e. The molecule has 0 radical (unpaired) electrons. The number of ketones is 1. The molecule has 0 N–H and O–H groups in total. The number of Topliss-reactive ketones (excluding diaryl/α,β-unsaturated/α-hetero) is 1. The molecule has 0 spiro atoms. The van der Waals surface area contributed by atoms with Gasteiger partial charge in [0, 0.05) is 13.1 Å². The molecule has 3 rings (SSSR count). The highest BCUT2D eigenvalue weighted by Gasteiger charge is 2.30. The van der Waals surface area contributed by atoms with E-state index in [1.54, 1.807) is 12.1 Å². The van der Waals surface area contributed by atoms with E-state index in [1.165, 1.54) is 24.8 Å². The normalized spacial score (nSPS) is 19.0. The van der Waals surface area contributed by atoms with Crippen molar-refractivity contribution in [2.24, 2.45) is 0 Å². The van der Waals surface area contributed by atoms with Gasteiger partial charge in [0.15, 0.2) is 0 Å². The first-order chi connectivity index (χ1) is 12.4. The minimum absolute atomic E-state index is 0.163. The lowest BCUT2D eigenvalue weighted by atomic mass is 10.2. The van der Waals surface area contributed by atoms with Gasteiger partial charge in [0.1, 0.15) is 17.7 Å². The molecule has 0 aromatic heterocycles. The van der Waals surface area contributed by atoms with Crippen molar-refractivity contribution < 1.29 is 23.5 Å². The molecule has 2 aliphatic heterocycles. The summed E-state index contributed by atoms with van der Waals surface area (Å²) in [6.45, 7) is 11.9. The summed E-state index contributed by atoms with van der Waals surface area (Å²) < 4.78 is 24.6. The number of hydrogen-bond acceptors (Lipinski definition) is 5. The maximum Gasteiger partial charge on any atom is 0.414 e. The molecule has 0 unspecified atom stereocenters. The number of cyclic esters (lactones) is 1. The van der Waals surface area contributed by atoms with Crippen LogP contribution in [-0.4, -0.2) is 50.8 Å². The SMILES string of the molecule is CC.CC(C)=O.C[C@H]1CN(c2ccc(N3CCOCC3)c(F)c2)C(=O)O1. The third-order valence-electron chi connectivity index (χ3n) is 3.56. The van der Waals surface area contributed by atoms with Crippen LogP contribution in [0.4, 0.5) is 20.6 Å². The van der Waals surface area contributed by atoms with E-state index < -0.39 is 6.09 Å². The molecule has 6 nitrogen and oxygen atoms in total. The van der Waals surface area contributed by atoms with Crippen molar-refractivity contribution in [3.8, 4) is 0 Å². The second-order valence-corrected chi connectivity index (χ2v) is 5.95. The monoisotopic (exact) mass is 368 g/mol. The van der Waals surface area contributed by atoms with E-state index in [0.717, 1.165) is 0 Å². The summed E-state index contributed by atoms with van der Waals surface area (Å²) in [6, 6.07) is 4.86. The first-order valence-corrected chi connectivity index (χ1v) is 8.96. The molecule has 1 aromatic rings. The van der Waals surface area contributed by atoms with E-state index in [2.05, 4.69) is 0 Å². The average Bonchev–Trinajstić information content (AvgIpc) is 2.95. The van der Waals surface area contributed by atoms with Crippen LogP contribution in [0.2, 0.25) is 0 Å². The molecule has 1 amide bonds. The fourth-order valence-corrected chi connectivity index (χ4v) is 2.54. The van der Waals surface area contributed by atoms with Crippen LogP contribution in [0.5, 0.6) is 0 Å². The van der Waals surface area contributed by atoms with Crippen LogP contribution in [0, 0.1) is 5.82 Å². The first kappa shape index (κ1) is 21.9. The van der Waals surface area contributed by atoms with E-state index >= 15 is 0 Å². The largest absolute Gasteiger partial charge is 0.444 e. The van der Waals surface area contributed by atoms with Gasteiger partial charge in [-0.05, 0) is 39.0 Å². The van der Waals surface area contributed by atoms with Crippen molar-refractivity contribution in [1.82, 2.24) is 0 Å². The zero-order chi connectivity index (χ0) is 19.7. The number of rotatable bonds is 2. The van der Waals surface area contributed by atoms with Crippen LogP contribution in [-0.2, 0) is 14.3 Å². The molecule has 0 saturated carbocycles. The third kappa shape index (κ3) is 6.29. The molecule has 7 heteroatoms. The maximum absolute atomic E-state index is 14.3. The van der Waals surface area contributed by atoms with Crippen LogP contribution in [0.25, 0.3) is 0 Å². The highest BCUT2D eigenvalue weighted by atomic mass is 19.1. The van der Waals surface area contributed by atoms with Crippen molar-refractivity contribution in [3.05, 3.63) is 24.0 Å². The Balaban J connectivity index is 0.000000500. The van der Waals surface area contributed by atoms with Gasteiger partial charge in [-0.3, -0.25) is 4.90 Å². The van der Waals surface area contributed by atoms with Crippen LogP contribution in [0.15, 0.2) is 18.2 Å². The molecular weight excluding hydrogens is 339 g/mol. The van der Waals surface area contributed by atoms with Gasteiger partial charge in [-0.1, -0.05) is 13.8 Å². The van der Waals surface area contributed by atoms with Crippen molar-refractivity contribution in [1.29, 1.82) is 0 Å². The third-order valence-corrected chi connectivity index (χ3v) is 3.56. The number of nitrogens with zero attached hydrogens (tertiary/aromatic N) is 2. The van der Waals surface area contributed by atoms with Gasteiger partial charge < -0.3 is 19.2 Å². The van der Waals surface area contributed by atoms with E-state index in [0.29, 0.717) is 44.2 Å². The van der Waals surface area contributed by atoms with E-state index in [4.69, 9.17) is 9.47 Å². The Bertz CT molecular complexity index is 599. The Kier molecular flexibility index (Phi) is 9.05. The van der Waals surface area contributed by atoms with Gasteiger partial charge in [-0.2, -0.15) is 0 Å². The summed E-state index contributed by atoms with van der Waals surface area (Å²) in [4.78, 5) is 24.5. The molecule has 0 bridgehead atoms. The fourth-order valence-electron chi connectivity index (χ4n) is 2.54. The van der Waals surface area contributed by atoms with Gasteiger partial charge in [0.05, 0.1) is 31.1 Å². The van der Waals surface area contributed by atoms with Gasteiger partial charge in [-0.15, -0.1) is 0 Å². The van der Waals surface area contributed by atoms with Gasteiger partial charge >= 0.3 is 6.09 Å². The molecular formula is C19H29FN2O4. The number of halogens is 1. The van der Waals surface area contributed by atoms with Gasteiger partial charge in [0.25, 0.3) is 0 Å². The Morgan fingerprint density at radius 1 is 1.19 bits per heavy atom. The van der Waals surface area contributed by atoms with Crippen molar-refractivity contribution >= 4 is 23.3 Å². The summed E-state index contributed by atoms with van der Waals surface area (Å²) in [6.07, 6.45) is -0.583. The quantitative estimate of drug-likeness (QED) is 0.798. The molecule has 2 saturated heterocycles. The predicted octanol–water partition coefficient (Wildman–Crippen LogP) is 3.63. The van der Waals surface area contributed by atoms with Crippen LogP contribution in [0.3, 0.4) is 0 Å². The molecule has 2 heterocycles. The van der Waals surface area contributed by atoms with Gasteiger partial charge in [-0.25, -0.2) is 9.18 Å². The number of morpholine rings is 1. The zero-order valence-corrected chi connectivity index (χ0v) is 16.3. The highest BCUT2D eigenvalue weighted by Crippen LogP contribution is 2.28. The Hall–Kier alpha value is -2.15. The second-order valence-electron chi connectivity index (χ2n) is 5.95. The Labute approximate surface area is 154 Å². The molecule has 2 fully saturated rings. The molecule has 146 valence electrons. The number of carbonyl (C=O) groups is 2. The number of amides is 1. The number of hydrogen-bond donors (Lipinski definition) is 0. The lowest BCUT2D eigenvalue weighted by Crippen LogP contribution is -2.36. The van der Waals surface area contributed by atoms with E-state index in [-0.39, 0.29) is 17.7 Å². The minimum atomic E-state index is -0.420. The molecule has 1 atom stereocenters. The highest BCUT2D eigenvalue weighted by molar-refractivity contribution is 5.90. The van der Waals surface area contributed by atoms with Crippen LogP contribution < -0.4 is 9.80 Å². The lowest BCUT2D eigenvalue weighted by Gasteiger charge is -2.29. The van der Waals surface area contributed by atoms with Gasteiger partial charge in [0.2, 0.25) is 0 Å². The summed E-state index contributed by atoms with van der Waals surface area (Å²) >= 11 is 0. The van der Waals surface area contributed by atoms with Crippen molar-refractivity contribution in [2.75, 3.05) is 42.6 Å². The summed E-state index contributed by atoms with van der Waals surface area (Å²) in [5.74, 6) is -0.156. The number of benzene rings is 1. The molecule has 2 aliphatic rings. The number of anilines is 2. The van der Waals surface area contributed by atoms with E-state index in [1.807, 2.05) is 25.7 Å². The minimum Gasteiger partial charge on any atom is -0.444 e. The number of ether oxygens (including phenoxy) is 2. The van der Waals surface area contributed by atoms with E-state index in [9.17, 15) is 14.0 Å². The first-order valence-electron chi connectivity index (χ1n) is 8.96. The molecule has 1 aromatic carbocycles. The topological polar surface area (TPSA) is 59.1 Å². The lowest BCUT2D eigenvalue weighted by molar-refractivity contribution is -0.115. The Morgan fingerprint density at radius 3 is 2.23 bits per heavy atom. The second kappa shape index (κ2) is 10.8. The maximum atomic E-state index is 14.3. The summed E-state index contributed by atoms with van der Waals surface area (Å²) in [7, 11) is 0. The van der Waals surface area contributed by atoms with Crippen molar-refractivity contribution in [2.45, 2.75) is 40.7 Å². The van der Waals surface area contributed by atoms with Crippen molar-refractivity contribution in [3.63, 3.8) is 0 Å². The number of carbonyl (C=O) groups excluding carboxylic acids is 2. The Morgan fingerprint density at radius 2 is 1.77 bits per heavy atom. The standard InChI is InChI=1S/C14H17FN2O3.C3H6O.C2H6/c1-10-9-17(14(18)20-10)11-2-3-13(12(15)8-11)16-4-6-19-7-5-16;1-3(2)4;1-2/h2-3,8,10H,4-7,9H2,1H3;1-2H3;1-2H3/t10-;;/m0../s1. The molecule has 0 aliphatic carbocycles. The summed E-state index contributed by atoms with van der Waals surface area (Å²) in [5.41, 5.74) is 1.09. The fraction of sp³-hybridized carbons (Fsp3) is 0.579. The van der Waals surface area contributed by atoms with Crippen LogP contribution >= 0.6 is 0 Å². The van der Waals surface area contributed by atoms with Crippen LogP contribution in [0.1, 0.15) is 34.6 Å². The zero-order valence-electron chi connectivity index (χ0n) is 16.3. The average molecular weight is 368 g/mol. The molecule has 26 heavy (non-hydrogen) atoms. The summed E-state index contributed by atoms with van der Waals surface area (Å²) in [5, 5.41) is 0.